The Morgan fingerprint density at radius 1 is 1.24 bits per heavy atom. The molecule has 0 saturated heterocycles. The lowest BCUT2D eigenvalue weighted by atomic mass is 9.86. The highest BCUT2D eigenvalue weighted by atomic mass is 35.5. The third kappa shape index (κ3) is 2.32. The van der Waals surface area contributed by atoms with Crippen molar-refractivity contribution in [3.05, 3.63) is 64.7 Å². The van der Waals surface area contributed by atoms with Crippen molar-refractivity contribution >= 4 is 23.3 Å². The topological polar surface area (TPSA) is 57.4 Å². The monoisotopic (exact) mass is 297 g/mol. The normalized spacial score (nSPS) is 19.8. The van der Waals surface area contributed by atoms with Crippen LogP contribution >= 0.6 is 11.6 Å². The van der Waals surface area contributed by atoms with Gasteiger partial charge in [0.15, 0.2) is 11.8 Å². The Morgan fingerprint density at radius 2 is 2.00 bits per heavy atom. The van der Waals surface area contributed by atoms with E-state index >= 15 is 0 Å². The smallest absolute Gasteiger partial charge is 0.304 e. The van der Waals surface area contributed by atoms with Gasteiger partial charge in [-0.05, 0) is 30.7 Å². The molecule has 0 amide bonds. The zero-order chi connectivity index (χ0) is 14.9. The lowest BCUT2D eigenvalue weighted by Gasteiger charge is -2.35. The first-order valence-corrected chi connectivity index (χ1v) is 6.79. The Hall–Kier alpha value is -2.51. The number of nitriles is 1. The molecule has 1 aliphatic rings. The van der Waals surface area contributed by atoms with Gasteiger partial charge in [-0.3, -0.25) is 0 Å². The first-order valence-electron chi connectivity index (χ1n) is 6.42. The van der Waals surface area contributed by atoms with Gasteiger partial charge in [-0.25, -0.2) is 5.32 Å². The number of aliphatic imine (C=N–C) groups is 1. The number of amidine groups is 1. The van der Waals surface area contributed by atoms with E-state index in [1.54, 1.807) is 6.07 Å². The van der Waals surface area contributed by atoms with Crippen LogP contribution in [0.25, 0.3) is 0 Å². The van der Waals surface area contributed by atoms with Crippen molar-refractivity contribution in [2.45, 2.75) is 12.5 Å². The predicted octanol–water partition coefficient (Wildman–Crippen LogP) is 3.69. The second-order valence-corrected chi connectivity index (χ2v) is 5.25. The second-order valence-electron chi connectivity index (χ2n) is 4.82. The van der Waals surface area contributed by atoms with Gasteiger partial charge in [0.25, 0.3) is 0 Å². The summed E-state index contributed by atoms with van der Waals surface area (Å²) in [5, 5.41) is 11.9. The van der Waals surface area contributed by atoms with E-state index in [0.29, 0.717) is 5.02 Å². The van der Waals surface area contributed by atoms with Crippen LogP contribution in [-0.4, -0.2) is 6.02 Å². The van der Waals surface area contributed by atoms with Gasteiger partial charge in [-0.2, -0.15) is 10.3 Å². The molecule has 1 aliphatic heterocycles. The van der Waals surface area contributed by atoms with Crippen LogP contribution in [0.15, 0.2) is 53.5 Å². The van der Waals surface area contributed by atoms with Crippen molar-refractivity contribution in [2.24, 2.45) is 4.99 Å². The molecule has 2 aromatic carbocycles. The van der Waals surface area contributed by atoms with Crippen LogP contribution in [0.1, 0.15) is 18.1 Å². The summed E-state index contributed by atoms with van der Waals surface area (Å²) in [6.45, 7) is 1.94. The van der Waals surface area contributed by atoms with Crippen molar-refractivity contribution in [1.82, 2.24) is 5.32 Å². The first kappa shape index (κ1) is 13.5. The maximum Gasteiger partial charge on any atom is 0.304 e. The Morgan fingerprint density at radius 3 is 2.71 bits per heavy atom. The molecule has 1 unspecified atom stereocenters. The number of rotatable bonds is 1. The Balaban J connectivity index is 2.20. The number of hydrogen-bond donors (Lipinski definition) is 1. The van der Waals surface area contributed by atoms with Crippen molar-refractivity contribution in [1.29, 1.82) is 5.26 Å². The highest BCUT2D eigenvalue weighted by Crippen LogP contribution is 2.42. The summed E-state index contributed by atoms with van der Waals surface area (Å²) in [6, 6.07) is 15.4. The van der Waals surface area contributed by atoms with E-state index in [4.69, 9.17) is 21.6 Å². The zero-order valence-electron chi connectivity index (χ0n) is 11.3. The van der Waals surface area contributed by atoms with Gasteiger partial charge in [0.2, 0.25) is 0 Å². The third-order valence-electron chi connectivity index (χ3n) is 3.48. The lowest BCUT2D eigenvalue weighted by Crippen LogP contribution is -2.37. The van der Waals surface area contributed by atoms with Crippen LogP contribution in [0.2, 0.25) is 5.02 Å². The van der Waals surface area contributed by atoms with Gasteiger partial charge in [0.05, 0.1) is 5.69 Å². The number of benzene rings is 2. The number of fused-ring (bicyclic) bond motifs is 1. The number of nitrogens with one attached hydrogen (secondary N) is 1. The molecule has 1 atom stereocenters. The molecule has 21 heavy (non-hydrogen) atoms. The van der Waals surface area contributed by atoms with Crippen LogP contribution < -0.4 is 5.32 Å². The van der Waals surface area contributed by atoms with Crippen molar-refractivity contribution in [2.75, 3.05) is 0 Å². The molecule has 5 heteroatoms. The molecule has 0 aromatic heterocycles. The van der Waals surface area contributed by atoms with Gasteiger partial charge in [-0.15, -0.1) is 0 Å². The van der Waals surface area contributed by atoms with Gasteiger partial charge < -0.3 is 4.74 Å². The van der Waals surface area contributed by atoms with Crippen LogP contribution in [0.3, 0.4) is 0 Å². The Bertz CT molecular complexity index is 752. The quantitative estimate of drug-likeness (QED) is 0.645. The number of nitrogens with zero attached hydrogens (tertiary/aromatic N) is 2. The number of ether oxygens (including phenoxy) is 1. The molecule has 0 saturated carbocycles. The molecule has 0 radical (unpaired) electrons. The minimum atomic E-state index is -0.761. The average molecular weight is 298 g/mol. The van der Waals surface area contributed by atoms with Gasteiger partial charge in [0, 0.05) is 10.6 Å². The number of hydrogen-bond acceptors (Lipinski definition) is 4. The highest BCUT2D eigenvalue weighted by molar-refractivity contribution is 6.30. The molecule has 0 spiro atoms. The van der Waals surface area contributed by atoms with Crippen molar-refractivity contribution < 1.29 is 4.74 Å². The number of halogens is 1. The summed E-state index contributed by atoms with van der Waals surface area (Å²) in [4.78, 5) is 4.30. The van der Waals surface area contributed by atoms with Crippen LogP contribution in [0.5, 0.6) is 0 Å². The SMILES string of the molecule is CC1(c2ccccc2)OC(NC#N)=Nc2ccc(Cl)cc21. The van der Waals surface area contributed by atoms with E-state index in [1.807, 2.05) is 55.6 Å². The lowest BCUT2D eigenvalue weighted by molar-refractivity contribution is 0.108. The van der Waals surface area contributed by atoms with E-state index in [-0.39, 0.29) is 6.02 Å². The standard InChI is InChI=1S/C16H12ClN3O/c1-16(11-5-3-2-4-6-11)13-9-12(17)7-8-14(13)20-15(21-16)19-10-18/h2-9H,1H3,(H,19,20). The predicted molar refractivity (Wildman–Crippen MR) is 81.3 cm³/mol. The fourth-order valence-electron chi connectivity index (χ4n) is 2.44. The molecule has 1 heterocycles. The highest BCUT2D eigenvalue weighted by Gasteiger charge is 2.38. The van der Waals surface area contributed by atoms with Gasteiger partial charge >= 0.3 is 6.02 Å². The van der Waals surface area contributed by atoms with E-state index in [9.17, 15) is 0 Å². The molecular formula is C16H12ClN3O. The zero-order valence-corrected chi connectivity index (χ0v) is 12.1. The summed E-state index contributed by atoms with van der Waals surface area (Å²) in [5.41, 5.74) is 1.79. The van der Waals surface area contributed by atoms with Crippen LogP contribution in [0.4, 0.5) is 5.69 Å². The van der Waals surface area contributed by atoms with Crippen molar-refractivity contribution in [3.8, 4) is 6.19 Å². The van der Waals surface area contributed by atoms with Gasteiger partial charge in [-0.1, -0.05) is 41.9 Å². The fraction of sp³-hybridized carbons (Fsp3) is 0.125. The molecular weight excluding hydrogens is 286 g/mol. The largest absolute Gasteiger partial charge is 0.448 e. The van der Waals surface area contributed by atoms with E-state index in [1.165, 1.54) is 0 Å². The van der Waals surface area contributed by atoms with E-state index in [2.05, 4.69) is 10.3 Å². The van der Waals surface area contributed by atoms with E-state index < -0.39 is 5.60 Å². The molecule has 1 N–H and O–H groups in total. The van der Waals surface area contributed by atoms with E-state index in [0.717, 1.165) is 16.8 Å². The summed E-state index contributed by atoms with van der Waals surface area (Å²) in [7, 11) is 0. The molecule has 4 nitrogen and oxygen atoms in total. The van der Waals surface area contributed by atoms with Crippen LogP contribution in [-0.2, 0) is 10.3 Å². The maximum atomic E-state index is 8.81. The molecule has 3 rings (SSSR count). The summed E-state index contributed by atoms with van der Waals surface area (Å²) >= 11 is 6.12. The molecule has 104 valence electrons. The Labute approximate surface area is 127 Å². The molecule has 2 aromatic rings. The second kappa shape index (κ2) is 5.12. The average Bonchev–Trinajstić information content (AvgIpc) is 2.49. The minimum Gasteiger partial charge on any atom is -0.448 e. The molecule has 0 bridgehead atoms. The minimum absolute atomic E-state index is 0.179. The van der Waals surface area contributed by atoms with Gasteiger partial charge in [0.1, 0.15) is 0 Å². The van der Waals surface area contributed by atoms with Crippen molar-refractivity contribution in [3.63, 3.8) is 0 Å². The fourth-order valence-corrected chi connectivity index (χ4v) is 2.61. The first-order chi connectivity index (χ1) is 10.1. The summed E-state index contributed by atoms with van der Waals surface area (Å²) < 4.78 is 5.94. The van der Waals surface area contributed by atoms with Crippen LogP contribution in [0, 0.1) is 11.5 Å². The third-order valence-corrected chi connectivity index (χ3v) is 3.72. The Kier molecular flexibility index (Phi) is 3.28. The maximum absolute atomic E-state index is 8.81. The molecule has 0 aliphatic carbocycles. The summed E-state index contributed by atoms with van der Waals surface area (Å²) in [5.74, 6) is 0. The summed E-state index contributed by atoms with van der Waals surface area (Å²) in [6.07, 6.45) is 1.84. The molecule has 0 fully saturated rings.